The number of hydrogen-bond donors (Lipinski definition) is 1. The Morgan fingerprint density at radius 1 is 1.29 bits per heavy atom. The normalized spacial score (nSPS) is 24.8. The van der Waals surface area contributed by atoms with Crippen molar-refractivity contribution >= 4 is 28.3 Å². The number of nitrogens with zero attached hydrogens (tertiary/aromatic N) is 2. The Kier molecular flexibility index (Phi) is 2.43. The zero-order chi connectivity index (χ0) is 12.0. The Morgan fingerprint density at radius 2 is 2.00 bits per heavy atom. The third kappa shape index (κ3) is 1.65. The van der Waals surface area contributed by atoms with Gasteiger partial charge in [-0.15, -0.1) is 0 Å². The summed E-state index contributed by atoms with van der Waals surface area (Å²) < 4.78 is 26.3. The van der Waals surface area contributed by atoms with E-state index < -0.39 is 12.3 Å². The molecule has 0 aliphatic carbocycles. The lowest BCUT2D eigenvalue weighted by Gasteiger charge is -2.14. The summed E-state index contributed by atoms with van der Waals surface area (Å²) in [6.45, 7) is 0.0404. The number of halogens is 3. The Labute approximate surface area is 101 Å². The third-order valence-corrected chi connectivity index (χ3v) is 3.32. The van der Waals surface area contributed by atoms with Gasteiger partial charge in [0.25, 0.3) is 0 Å². The first-order valence-electron chi connectivity index (χ1n) is 5.32. The maximum atomic E-state index is 13.2. The van der Waals surface area contributed by atoms with Gasteiger partial charge in [0.05, 0.1) is 29.0 Å². The molecule has 1 fully saturated rings. The molecular formula is C11H10ClF2N3. The van der Waals surface area contributed by atoms with Crippen molar-refractivity contribution in [2.24, 2.45) is 0 Å². The second-order valence-electron chi connectivity index (χ2n) is 4.15. The van der Waals surface area contributed by atoms with Crippen LogP contribution in [0.4, 0.5) is 14.6 Å². The molecule has 1 saturated heterocycles. The monoisotopic (exact) mass is 257 g/mol. The van der Waals surface area contributed by atoms with E-state index in [0.717, 1.165) is 10.9 Å². The molecule has 2 heterocycles. The Hall–Kier alpha value is -1.36. The molecule has 0 saturated carbocycles. The maximum absolute atomic E-state index is 13.2. The van der Waals surface area contributed by atoms with Gasteiger partial charge >= 0.3 is 0 Å². The SMILES string of the molecule is F[C@@H]1CN(c2n[nH]c3cccc(Cl)c23)C[C@H]1F. The van der Waals surface area contributed by atoms with Crippen LogP contribution in [0.15, 0.2) is 18.2 Å². The van der Waals surface area contributed by atoms with Gasteiger partial charge in [0.15, 0.2) is 18.2 Å². The van der Waals surface area contributed by atoms with E-state index in [2.05, 4.69) is 10.2 Å². The van der Waals surface area contributed by atoms with E-state index in [0.29, 0.717) is 10.8 Å². The molecule has 1 aromatic heterocycles. The first-order valence-corrected chi connectivity index (χ1v) is 5.70. The molecular weight excluding hydrogens is 248 g/mol. The number of rotatable bonds is 1. The molecule has 6 heteroatoms. The first-order chi connectivity index (χ1) is 8.16. The molecule has 1 aliphatic rings. The lowest BCUT2D eigenvalue weighted by Crippen LogP contribution is -2.20. The van der Waals surface area contributed by atoms with E-state index in [1.807, 2.05) is 6.07 Å². The molecule has 1 N–H and O–H groups in total. The molecule has 0 unspecified atom stereocenters. The van der Waals surface area contributed by atoms with Crippen LogP contribution in [0, 0.1) is 0 Å². The zero-order valence-corrected chi connectivity index (χ0v) is 9.59. The molecule has 2 atom stereocenters. The van der Waals surface area contributed by atoms with Gasteiger partial charge in [-0.3, -0.25) is 5.10 Å². The first kappa shape index (κ1) is 10.8. The average molecular weight is 258 g/mol. The van der Waals surface area contributed by atoms with Crippen molar-refractivity contribution in [3.05, 3.63) is 23.2 Å². The molecule has 3 nitrogen and oxygen atoms in total. The van der Waals surface area contributed by atoms with Gasteiger partial charge in [-0.1, -0.05) is 17.7 Å². The number of aromatic amines is 1. The zero-order valence-electron chi connectivity index (χ0n) is 8.83. The van der Waals surface area contributed by atoms with Gasteiger partial charge in [0.2, 0.25) is 0 Å². The quantitative estimate of drug-likeness (QED) is 0.852. The lowest BCUT2D eigenvalue weighted by atomic mass is 10.2. The van der Waals surface area contributed by atoms with Crippen LogP contribution < -0.4 is 4.90 Å². The average Bonchev–Trinajstić information content (AvgIpc) is 2.85. The maximum Gasteiger partial charge on any atom is 0.160 e. The summed E-state index contributed by atoms with van der Waals surface area (Å²) in [6, 6.07) is 5.36. The predicted molar refractivity (Wildman–Crippen MR) is 63.1 cm³/mol. The van der Waals surface area contributed by atoms with Crippen LogP contribution in [0.3, 0.4) is 0 Å². The van der Waals surface area contributed by atoms with Crippen molar-refractivity contribution in [2.45, 2.75) is 12.3 Å². The number of hydrogen-bond acceptors (Lipinski definition) is 2. The van der Waals surface area contributed by atoms with Gasteiger partial charge in [-0.25, -0.2) is 8.78 Å². The summed E-state index contributed by atoms with van der Waals surface area (Å²) >= 11 is 6.08. The van der Waals surface area contributed by atoms with E-state index in [1.54, 1.807) is 17.0 Å². The van der Waals surface area contributed by atoms with Crippen molar-refractivity contribution in [3.8, 4) is 0 Å². The van der Waals surface area contributed by atoms with Crippen LogP contribution in [0.25, 0.3) is 10.9 Å². The highest BCUT2D eigenvalue weighted by molar-refractivity contribution is 6.36. The van der Waals surface area contributed by atoms with Crippen molar-refractivity contribution in [1.82, 2.24) is 10.2 Å². The number of alkyl halides is 2. The summed E-state index contributed by atoms with van der Waals surface area (Å²) in [6.07, 6.45) is -2.91. The summed E-state index contributed by atoms with van der Waals surface area (Å²) in [7, 11) is 0. The minimum absolute atomic E-state index is 0.0202. The molecule has 2 aromatic rings. The predicted octanol–water partition coefficient (Wildman–Crippen LogP) is 2.71. The van der Waals surface area contributed by atoms with Crippen LogP contribution >= 0.6 is 11.6 Å². The van der Waals surface area contributed by atoms with Gasteiger partial charge in [-0.2, -0.15) is 5.10 Å². The van der Waals surface area contributed by atoms with E-state index in [9.17, 15) is 8.78 Å². The third-order valence-electron chi connectivity index (χ3n) is 3.00. The minimum atomic E-state index is -1.45. The fourth-order valence-corrected chi connectivity index (χ4v) is 2.40. The highest BCUT2D eigenvalue weighted by Gasteiger charge is 2.34. The van der Waals surface area contributed by atoms with Crippen LogP contribution in [0.1, 0.15) is 0 Å². The number of fused-ring (bicyclic) bond motifs is 1. The highest BCUT2D eigenvalue weighted by atomic mass is 35.5. The van der Waals surface area contributed by atoms with E-state index >= 15 is 0 Å². The second kappa shape index (κ2) is 3.84. The number of anilines is 1. The molecule has 0 radical (unpaired) electrons. The summed E-state index contributed by atoms with van der Waals surface area (Å²) in [5.74, 6) is 0.522. The molecule has 0 bridgehead atoms. The van der Waals surface area contributed by atoms with Gasteiger partial charge in [-0.05, 0) is 12.1 Å². The van der Waals surface area contributed by atoms with Gasteiger partial charge in [0.1, 0.15) is 0 Å². The number of H-pyrrole nitrogens is 1. The molecule has 3 rings (SSSR count). The van der Waals surface area contributed by atoms with Gasteiger partial charge < -0.3 is 4.90 Å². The van der Waals surface area contributed by atoms with Crippen LogP contribution in [0.5, 0.6) is 0 Å². The summed E-state index contributed by atoms with van der Waals surface area (Å²) in [5.41, 5.74) is 0.769. The van der Waals surface area contributed by atoms with Crippen molar-refractivity contribution in [2.75, 3.05) is 18.0 Å². The Bertz CT molecular complexity index is 547. The molecule has 1 aliphatic heterocycles. The van der Waals surface area contributed by atoms with Crippen LogP contribution in [0.2, 0.25) is 5.02 Å². The summed E-state index contributed by atoms with van der Waals surface area (Å²) in [5, 5.41) is 8.15. The largest absolute Gasteiger partial charge is 0.349 e. The number of benzene rings is 1. The molecule has 0 spiro atoms. The van der Waals surface area contributed by atoms with Crippen molar-refractivity contribution < 1.29 is 8.78 Å². The Morgan fingerprint density at radius 3 is 2.71 bits per heavy atom. The van der Waals surface area contributed by atoms with Crippen molar-refractivity contribution in [1.29, 1.82) is 0 Å². The number of nitrogens with one attached hydrogen (secondary N) is 1. The lowest BCUT2D eigenvalue weighted by molar-refractivity contribution is 0.217. The Balaban J connectivity index is 2.07. The standard InChI is InChI=1S/C11H10ClF2N3/c12-6-2-1-3-9-10(6)11(16-15-9)17-4-7(13)8(14)5-17/h1-3,7-8H,4-5H2,(H,15,16)/t7-,8-/m1/s1. The topological polar surface area (TPSA) is 31.9 Å². The van der Waals surface area contributed by atoms with Gasteiger partial charge in [0, 0.05) is 0 Å². The van der Waals surface area contributed by atoms with E-state index in [4.69, 9.17) is 11.6 Å². The highest BCUT2D eigenvalue weighted by Crippen LogP contribution is 2.33. The molecule has 90 valence electrons. The number of aromatic nitrogens is 2. The molecule has 1 aromatic carbocycles. The fraction of sp³-hybridized carbons (Fsp3) is 0.364. The smallest absolute Gasteiger partial charge is 0.160 e. The fourth-order valence-electron chi connectivity index (χ4n) is 2.14. The second-order valence-corrected chi connectivity index (χ2v) is 4.55. The summed E-state index contributed by atoms with van der Waals surface area (Å²) in [4.78, 5) is 1.58. The van der Waals surface area contributed by atoms with Crippen molar-refractivity contribution in [3.63, 3.8) is 0 Å². The van der Waals surface area contributed by atoms with E-state index in [1.165, 1.54) is 0 Å². The van der Waals surface area contributed by atoms with E-state index in [-0.39, 0.29) is 13.1 Å². The van der Waals surface area contributed by atoms with Crippen LogP contribution in [-0.4, -0.2) is 35.6 Å². The van der Waals surface area contributed by atoms with Crippen LogP contribution in [-0.2, 0) is 0 Å². The minimum Gasteiger partial charge on any atom is -0.349 e. The molecule has 17 heavy (non-hydrogen) atoms. The molecule has 0 amide bonds.